The number of nitrogens with zero attached hydrogens (tertiary/aromatic N) is 2. The van der Waals surface area contributed by atoms with Crippen LogP contribution in [0.3, 0.4) is 0 Å². The van der Waals surface area contributed by atoms with Crippen molar-refractivity contribution in [2.75, 3.05) is 33.7 Å². The van der Waals surface area contributed by atoms with Gasteiger partial charge in [-0.2, -0.15) is 0 Å². The van der Waals surface area contributed by atoms with E-state index < -0.39 is 10.0 Å². The molecule has 2 rings (SSSR count). The minimum Gasteiger partial charge on any atom is -0.353 e. The van der Waals surface area contributed by atoms with Crippen LogP contribution in [0.5, 0.6) is 0 Å². The van der Waals surface area contributed by atoms with Crippen LogP contribution in [0, 0.1) is 6.92 Å². The predicted octanol–water partition coefficient (Wildman–Crippen LogP) is -0.183. The molecule has 120 valence electrons. The smallest absolute Gasteiger partial charge is 0.254 e. The highest BCUT2D eigenvalue weighted by molar-refractivity contribution is 7.89. The number of rotatable bonds is 3. The first-order valence-corrected chi connectivity index (χ1v) is 8.26. The van der Waals surface area contributed by atoms with E-state index in [4.69, 9.17) is 0 Å². The first-order chi connectivity index (χ1) is 10.2. The van der Waals surface area contributed by atoms with Crippen LogP contribution >= 0.6 is 0 Å². The van der Waals surface area contributed by atoms with E-state index in [9.17, 15) is 18.0 Å². The van der Waals surface area contributed by atoms with Gasteiger partial charge in [-0.1, -0.05) is 6.07 Å². The van der Waals surface area contributed by atoms with Crippen molar-refractivity contribution in [3.8, 4) is 0 Å². The fourth-order valence-electron chi connectivity index (χ4n) is 2.20. The molecule has 0 radical (unpaired) electrons. The predicted molar refractivity (Wildman–Crippen MR) is 81.0 cm³/mol. The number of sulfonamides is 1. The zero-order chi connectivity index (χ0) is 16.5. The number of amides is 2. The summed E-state index contributed by atoms with van der Waals surface area (Å²) in [6, 6.07) is 4.56. The number of hydrogen-bond acceptors (Lipinski definition) is 4. The minimum atomic E-state index is -3.62. The number of benzene rings is 1. The van der Waals surface area contributed by atoms with Gasteiger partial charge in [0.25, 0.3) is 5.91 Å². The molecule has 7 nitrogen and oxygen atoms in total. The van der Waals surface area contributed by atoms with Gasteiger partial charge in [0.15, 0.2) is 0 Å². The fourth-order valence-corrected chi connectivity index (χ4v) is 3.35. The lowest BCUT2D eigenvalue weighted by Gasteiger charge is -2.27. The Labute approximate surface area is 129 Å². The van der Waals surface area contributed by atoms with Crippen molar-refractivity contribution in [2.24, 2.45) is 0 Å². The quantitative estimate of drug-likeness (QED) is 0.835. The summed E-state index contributed by atoms with van der Waals surface area (Å²) in [7, 11) is -0.736. The third-order valence-electron chi connectivity index (χ3n) is 3.52. The Morgan fingerprint density at radius 3 is 2.59 bits per heavy atom. The van der Waals surface area contributed by atoms with Gasteiger partial charge in [0.05, 0.1) is 11.4 Å². The maximum absolute atomic E-state index is 12.4. The molecule has 1 heterocycles. The van der Waals surface area contributed by atoms with E-state index in [2.05, 4.69) is 5.32 Å². The number of aryl methyl sites for hydroxylation is 1. The molecule has 0 aromatic heterocycles. The monoisotopic (exact) mass is 325 g/mol. The lowest BCUT2D eigenvalue weighted by Crippen LogP contribution is -2.50. The summed E-state index contributed by atoms with van der Waals surface area (Å²) in [6.07, 6.45) is 0. The van der Waals surface area contributed by atoms with Crippen LogP contribution in [0.4, 0.5) is 0 Å². The SMILES string of the molecule is Cc1ccc(C(=O)N2CCNC(=O)C2)cc1S(=O)(=O)N(C)C. The number of piperazine rings is 1. The van der Waals surface area contributed by atoms with E-state index in [-0.39, 0.29) is 28.8 Å². The average Bonchev–Trinajstić information content (AvgIpc) is 2.46. The molecule has 0 aliphatic carbocycles. The van der Waals surface area contributed by atoms with E-state index in [1.54, 1.807) is 19.1 Å². The molecule has 2 amide bonds. The Morgan fingerprint density at radius 2 is 2.00 bits per heavy atom. The van der Waals surface area contributed by atoms with Crippen LogP contribution in [-0.4, -0.2) is 63.2 Å². The van der Waals surface area contributed by atoms with Crippen molar-refractivity contribution < 1.29 is 18.0 Å². The lowest BCUT2D eigenvalue weighted by atomic mass is 10.1. The highest BCUT2D eigenvalue weighted by atomic mass is 32.2. The van der Waals surface area contributed by atoms with Crippen LogP contribution in [-0.2, 0) is 14.8 Å². The van der Waals surface area contributed by atoms with Crippen molar-refractivity contribution in [2.45, 2.75) is 11.8 Å². The zero-order valence-electron chi connectivity index (χ0n) is 12.8. The van der Waals surface area contributed by atoms with Gasteiger partial charge in [-0.3, -0.25) is 9.59 Å². The first-order valence-electron chi connectivity index (χ1n) is 6.82. The number of nitrogens with one attached hydrogen (secondary N) is 1. The molecular weight excluding hydrogens is 306 g/mol. The Balaban J connectivity index is 2.37. The molecule has 0 bridgehead atoms. The second-order valence-corrected chi connectivity index (χ2v) is 7.46. The van der Waals surface area contributed by atoms with Crippen LogP contribution < -0.4 is 5.32 Å². The largest absolute Gasteiger partial charge is 0.353 e. The first kappa shape index (κ1) is 16.4. The summed E-state index contributed by atoms with van der Waals surface area (Å²) in [5.74, 6) is -0.557. The highest BCUT2D eigenvalue weighted by Gasteiger charge is 2.25. The van der Waals surface area contributed by atoms with Crippen molar-refractivity contribution in [1.29, 1.82) is 0 Å². The Hall–Kier alpha value is -1.93. The van der Waals surface area contributed by atoms with Gasteiger partial charge in [-0.05, 0) is 24.6 Å². The molecule has 0 saturated carbocycles. The minimum absolute atomic E-state index is 0.0114. The topological polar surface area (TPSA) is 86.8 Å². The summed E-state index contributed by atoms with van der Waals surface area (Å²) in [4.78, 5) is 25.3. The fraction of sp³-hybridized carbons (Fsp3) is 0.429. The third kappa shape index (κ3) is 3.12. The second-order valence-electron chi connectivity index (χ2n) is 5.34. The average molecular weight is 325 g/mol. The van der Waals surface area contributed by atoms with Crippen LogP contribution in [0.25, 0.3) is 0 Å². The molecule has 22 heavy (non-hydrogen) atoms. The summed E-state index contributed by atoms with van der Waals surface area (Å²) < 4.78 is 25.7. The van der Waals surface area contributed by atoms with E-state index in [0.29, 0.717) is 18.7 Å². The van der Waals surface area contributed by atoms with Crippen molar-refractivity contribution in [1.82, 2.24) is 14.5 Å². The highest BCUT2D eigenvalue weighted by Crippen LogP contribution is 2.20. The molecule has 1 fully saturated rings. The maximum atomic E-state index is 12.4. The summed E-state index contributed by atoms with van der Waals surface area (Å²) in [5.41, 5.74) is 0.836. The van der Waals surface area contributed by atoms with E-state index in [1.807, 2.05) is 0 Å². The van der Waals surface area contributed by atoms with Gasteiger partial charge in [0, 0.05) is 32.7 Å². The van der Waals surface area contributed by atoms with Gasteiger partial charge in [0.2, 0.25) is 15.9 Å². The van der Waals surface area contributed by atoms with E-state index >= 15 is 0 Å². The maximum Gasteiger partial charge on any atom is 0.254 e. The molecule has 1 saturated heterocycles. The Bertz CT molecular complexity index is 713. The zero-order valence-corrected chi connectivity index (χ0v) is 13.6. The number of carbonyl (C=O) groups excluding carboxylic acids is 2. The molecule has 1 aromatic carbocycles. The molecule has 0 atom stereocenters. The standard InChI is InChI=1S/C14H19N3O4S/c1-10-4-5-11(8-12(10)22(20,21)16(2)3)14(19)17-7-6-15-13(18)9-17/h4-5,8H,6-7,9H2,1-3H3,(H,15,18). The molecule has 1 aromatic rings. The van der Waals surface area contributed by atoms with Gasteiger partial charge in [0.1, 0.15) is 0 Å². The van der Waals surface area contributed by atoms with Crippen molar-refractivity contribution in [3.05, 3.63) is 29.3 Å². The van der Waals surface area contributed by atoms with E-state index in [0.717, 1.165) is 4.31 Å². The number of carbonyl (C=O) groups is 2. The van der Waals surface area contributed by atoms with Gasteiger partial charge < -0.3 is 10.2 Å². The molecule has 0 spiro atoms. The molecule has 0 unspecified atom stereocenters. The Kier molecular flexibility index (Phi) is 4.52. The molecule has 8 heteroatoms. The van der Waals surface area contributed by atoms with Crippen LogP contribution in [0.1, 0.15) is 15.9 Å². The molecule has 1 aliphatic rings. The van der Waals surface area contributed by atoms with Gasteiger partial charge in [-0.15, -0.1) is 0 Å². The number of hydrogen-bond donors (Lipinski definition) is 1. The van der Waals surface area contributed by atoms with Crippen LogP contribution in [0.2, 0.25) is 0 Å². The van der Waals surface area contributed by atoms with E-state index in [1.165, 1.54) is 25.1 Å². The lowest BCUT2D eigenvalue weighted by molar-refractivity contribution is -0.123. The van der Waals surface area contributed by atoms with Crippen molar-refractivity contribution in [3.63, 3.8) is 0 Å². The summed E-state index contributed by atoms with van der Waals surface area (Å²) >= 11 is 0. The van der Waals surface area contributed by atoms with Gasteiger partial charge >= 0.3 is 0 Å². The van der Waals surface area contributed by atoms with Gasteiger partial charge in [-0.25, -0.2) is 12.7 Å². The third-order valence-corrected chi connectivity index (χ3v) is 5.48. The normalized spacial score (nSPS) is 15.8. The summed E-state index contributed by atoms with van der Waals surface area (Å²) in [5, 5.41) is 2.64. The van der Waals surface area contributed by atoms with Crippen molar-refractivity contribution >= 4 is 21.8 Å². The van der Waals surface area contributed by atoms with Crippen LogP contribution in [0.15, 0.2) is 23.1 Å². The second kappa shape index (κ2) is 6.05. The Morgan fingerprint density at radius 1 is 1.32 bits per heavy atom. The molecule has 1 N–H and O–H groups in total. The molecule has 1 aliphatic heterocycles. The summed E-state index contributed by atoms with van der Waals surface area (Å²) in [6.45, 7) is 2.48. The molecular formula is C14H19N3O4S.